The molecule has 0 aromatic heterocycles. The molecular formula is C21H21N5O7. The van der Waals surface area contributed by atoms with Crippen LogP contribution in [0.5, 0.6) is 0 Å². The molecule has 0 aliphatic carbocycles. The first kappa shape index (κ1) is 22.1. The summed E-state index contributed by atoms with van der Waals surface area (Å²) in [6.45, 7) is 1.17. The van der Waals surface area contributed by atoms with Crippen LogP contribution < -0.4 is 5.32 Å². The lowest BCUT2D eigenvalue weighted by atomic mass is 10.2. The van der Waals surface area contributed by atoms with Gasteiger partial charge in [-0.15, -0.1) is 0 Å². The summed E-state index contributed by atoms with van der Waals surface area (Å²) in [6.07, 6.45) is -0.0811. The Morgan fingerprint density at radius 1 is 1.18 bits per heavy atom. The van der Waals surface area contributed by atoms with Gasteiger partial charge in [0.25, 0.3) is 5.91 Å². The number of carbonyl (C=O) groups is 3. The van der Waals surface area contributed by atoms with Crippen LogP contribution in [-0.4, -0.2) is 63.5 Å². The molecule has 1 fully saturated rings. The zero-order chi connectivity index (χ0) is 23.4. The molecular weight excluding hydrogens is 434 g/mol. The van der Waals surface area contributed by atoms with Gasteiger partial charge in [0.1, 0.15) is 31.2 Å². The zero-order valence-electron chi connectivity index (χ0n) is 17.8. The van der Waals surface area contributed by atoms with Gasteiger partial charge in [-0.25, -0.2) is 19.7 Å². The number of nitrogens with one attached hydrogen (secondary N) is 1. The lowest BCUT2D eigenvalue weighted by Gasteiger charge is -2.25. The largest absolute Gasteiger partial charge is 0.508 e. The first-order valence-corrected chi connectivity index (χ1v) is 10.0. The fourth-order valence-electron chi connectivity index (χ4n) is 3.51. The van der Waals surface area contributed by atoms with Crippen molar-refractivity contribution in [3.05, 3.63) is 48.5 Å². The van der Waals surface area contributed by atoms with Gasteiger partial charge in [0, 0.05) is 18.9 Å². The molecule has 0 spiro atoms. The number of aromatic nitrogens is 4. The van der Waals surface area contributed by atoms with Crippen LogP contribution in [0.15, 0.2) is 43.0 Å². The second-order valence-electron chi connectivity index (χ2n) is 7.16. The summed E-state index contributed by atoms with van der Waals surface area (Å²) in [6, 6.07) is 8.63. The number of benzene rings is 1. The maximum absolute atomic E-state index is 12.9. The quantitative estimate of drug-likeness (QED) is 0.548. The molecule has 1 saturated heterocycles. The third-order valence-corrected chi connectivity index (χ3v) is 4.92. The highest BCUT2D eigenvalue weighted by molar-refractivity contribution is 6.05. The summed E-state index contributed by atoms with van der Waals surface area (Å²) in [4.78, 5) is 48.5. The summed E-state index contributed by atoms with van der Waals surface area (Å²) in [7, 11) is 1.20. The van der Waals surface area contributed by atoms with Gasteiger partial charge in [0.05, 0.1) is 13.2 Å². The second kappa shape index (κ2) is 9.61. The molecule has 12 nitrogen and oxygen atoms in total. The lowest BCUT2D eigenvalue weighted by Crippen LogP contribution is -2.28. The predicted octanol–water partition coefficient (Wildman–Crippen LogP) is 2.03. The number of rotatable bonds is 6. The molecule has 4 rings (SSSR count). The summed E-state index contributed by atoms with van der Waals surface area (Å²) in [5.74, 6) is -0.307. The number of hydrogen-bond acceptors (Lipinski definition) is 10. The van der Waals surface area contributed by atoms with Crippen molar-refractivity contribution in [3.8, 4) is 11.5 Å². The minimum absolute atomic E-state index is 0.112. The van der Waals surface area contributed by atoms with E-state index in [1.807, 2.05) is 0 Å². The number of fused-ring (bicyclic) bond motifs is 1. The van der Waals surface area contributed by atoms with Crippen molar-refractivity contribution in [2.45, 2.75) is 31.8 Å². The Morgan fingerprint density at radius 2 is 1.97 bits per heavy atom. The van der Waals surface area contributed by atoms with Crippen LogP contribution in [0.1, 0.15) is 29.9 Å². The third-order valence-electron chi connectivity index (χ3n) is 4.92. The normalized spacial score (nSPS) is 19.8. The highest BCUT2D eigenvalue weighted by atomic mass is 16.7. The molecule has 1 amide bonds. The van der Waals surface area contributed by atoms with E-state index in [-0.39, 0.29) is 24.8 Å². The van der Waals surface area contributed by atoms with Gasteiger partial charge >= 0.3 is 12.1 Å². The molecule has 172 valence electrons. The molecule has 33 heavy (non-hydrogen) atoms. The Bertz CT molecular complexity index is 1120. The predicted molar refractivity (Wildman–Crippen MR) is 111 cm³/mol. The van der Waals surface area contributed by atoms with Crippen LogP contribution in [0.4, 0.5) is 10.6 Å². The van der Waals surface area contributed by atoms with E-state index in [0.29, 0.717) is 17.1 Å². The van der Waals surface area contributed by atoms with Crippen molar-refractivity contribution in [3.63, 3.8) is 0 Å². The van der Waals surface area contributed by atoms with Crippen molar-refractivity contribution in [1.29, 1.82) is 0 Å². The molecule has 3 aliphatic heterocycles. The number of ether oxygens (including phenoxy) is 4. The van der Waals surface area contributed by atoms with E-state index in [0.717, 1.165) is 0 Å². The van der Waals surface area contributed by atoms with Gasteiger partial charge in [0.2, 0.25) is 0 Å². The average molecular weight is 455 g/mol. The first-order valence-electron chi connectivity index (χ1n) is 10.0. The summed E-state index contributed by atoms with van der Waals surface area (Å²) in [5, 5.41) is 2.84. The standard InChI is InChI=1S/C21H21N5O7/c1-12(27)32-15-8-14(9-31-21(29)30-2)33-20(15)26-11-24-17-16(22-10-23-17)18(26)25-19(28)13-6-4-3-5-7-13/h3-7,10-11,14-15,20H,8-9H2,1-2H3,(H,25,28)/t14-,15+,20+/m0/s1. The van der Waals surface area contributed by atoms with E-state index in [2.05, 4.69) is 25.0 Å². The molecule has 3 heterocycles. The topological polar surface area (TPSA) is 144 Å². The Balaban J connectivity index is 1.67. The SMILES string of the molecule is COC(=O)OC[C@@H]1C[C@@H](OC(C)=O)[C@H](n2cnc3ncnc-3c2NC(=O)c2ccccc2)O1. The van der Waals surface area contributed by atoms with E-state index in [9.17, 15) is 14.4 Å². The van der Waals surface area contributed by atoms with Crippen LogP contribution in [0.3, 0.4) is 0 Å². The number of imidazole rings is 1. The molecule has 3 aliphatic rings. The fourth-order valence-corrected chi connectivity index (χ4v) is 3.51. The molecule has 0 saturated carbocycles. The van der Waals surface area contributed by atoms with E-state index < -0.39 is 30.6 Å². The number of nitrogens with zero attached hydrogens (tertiary/aromatic N) is 4. The van der Waals surface area contributed by atoms with Gasteiger partial charge < -0.3 is 24.3 Å². The number of methoxy groups -OCH3 is 1. The Labute approximate surface area is 188 Å². The number of anilines is 1. The van der Waals surface area contributed by atoms with Crippen LogP contribution in [0, 0.1) is 0 Å². The molecule has 3 atom stereocenters. The highest BCUT2D eigenvalue weighted by Gasteiger charge is 2.41. The summed E-state index contributed by atoms with van der Waals surface area (Å²) < 4.78 is 22.4. The fraction of sp³-hybridized carbons (Fsp3) is 0.333. The number of hydrogen-bond donors (Lipinski definition) is 1. The Kier molecular flexibility index (Phi) is 6.45. The van der Waals surface area contributed by atoms with Gasteiger partial charge in [-0.2, -0.15) is 0 Å². The molecule has 0 unspecified atom stereocenters. The smallest absolute Gasteiger partial charge is 0.458 e. The van der Waals surface area contributed by atoms with Gasteiger partial charge in [-0.05, 0) is 12.1 Å². The molecule has 0 radical (unpaired) electrons. The van der Waals surface area contributed by atoms with Gasteiger partial charge in [0.15, 0.2) is 17.7 Å². The third kappa shape index (κ3) is 4.90. The number of amides is 1. The monoisotopic (exact) mass is 455 g/mol. The number of carbonyl (C=O) groups excluding carboxylic acids is 3. The molecule has 12 heteroatoms. The van der Waals surface area contributed by atoms with Gasteiger partial charge in [-0.3, -0.25) is 14.2 Å². The molecule has 1 N–H and O–H groups in total. The minimum Gasteiger partial charge on any atom is -0.458 e. The minimum atomic E-state index is -0.875. The first-order chi connectivity index (χ1) is 16.0. The van der Waals surface area contributed by atoms with Crippen molar-refractivity contribution >= 4 is 23.8 Å². The lowest BCUT2D eigenvalue weighted by molar-refractivity contribution is -0.152. The van der Waals surface area contributed by atoms with Gasteiger partial charge in [-0.1, -0.05) is 18.2 Å². The van der Waals surface area contributed by atoms with Crippen LogP contribution in [-0.2, 0) is 23.7 Å². The Hall–Kier alpha value is -4.06. The van der Waals surface area contributed by atoms with Crippen LogP contribution in [0.25, 0.3) is 11.5 Å². The Morgan fingerprint density at radius 3 is 2.70 bits per heavy atom. The second-order valence-corrected chi connectivity index (χ2v) is 7.16. The number of esters is 1. The average Bonchev–Trinajstić information content (AvgIpc) is 3.45. The van der Waals surface area contributed by atoms with Crippen LogP contribution in [0.2, 0.25) is 0 Å². The van der Waals surface area contributed by atoms with E-state index >= 15 is 0 Å². The molecule has 0 bridgehead atoms. The van der Waals surface area contributed by atoms with Crippen molar-refractivity contribution < 1.29 is 33.3 Å². The van der Waals surface area contributed by atoms with Crippen molar-refractivity contribution in [2.75, 3.05) is 19.0 Å². The van der Waals surface area contributed by atoms with E-state index in [1.54, 1.807) is 30.3 Å². The van der Waals surface area contributed by atoms with Crippen LogP contribution >= 0.6 is 0 Å². The van der Waals surface area contributed by atoms with Crippen molar-refractivity contribution in [2.24, 2.45) is 0 Å². The van der Waals surface area contributed by atoms with Crippen molar-refractivity contribution in [1.82, 2.24) is 19.5 Å². The highest BCUT2D eigenvalue weighted by Crippen LogP contribution is 2.36. The molecule has 1 aromatic carbocycles. The zero-order valence-corrected chi connectivity index (χ0v) is 17.8. The summed E-state index contributed by atoms with van der Waals surface area (Å²) >= 11 is 0. The summed E-state index contributed by atoms with van der Waals surface area (Å²) in [5.41, 5.74) is 0.767. The van der Waals surface area contributed by atoms with E-state index in [4.69, 9.17) is 14.2 Å². The van der Waals surface area contributed by atoms with E-state index in [1.165, 1.54) is 31.3 Å². The maximum atomic E-state index is 12.9. The maximum Gasteiger partial charge on any atom is 0.508 e. The molecule has 1 aromatic rings.